The van der Waals surface area contributed by atoms with Crippen LogP contribution in [0, 0.1) is 28.6 Å². The largest absolute Gasteiger partial charge is 1.00 e. The van der Waals surface area contributed by atoms with E-state index in [9.17, 15) is 45.0 Å². The molecule has 13 heteroatoms. The van der Waals surface area contributed by atoms with E-state index in [2.05, 4.69) is 0 Å². The number of rotatable bonds is 5. The Morgan fingerprint density at radius 3 is 2.44 bits per heavy atom. The Bertz CT molecular complexity index is 1180. The minimum Gasteiger partial charge on any atom is -0.547 e. The zero-order chi connectivity index (χ0) is 29.6. The maximum Gasteiger partial charge on any atom is 1.00 e. The molecule has 5 aliphatic rings. The molecule has 0 unspecified atom stereocenters. The molecule has 1 aliphatic heterocycles. The first-order chi connectivity index (χ1) is 18.5. The Labute approximate surface area is 258 Å². The minimum atomic E-state index is -2.14. The maximum absolute atomic E-state index is 17.3. The molecular formula is C28H36FNaO11. The van der Waals surface area contributed by atoms with Gasteiger partial charge in [0.05, 0.1) is 12.1 Å². The Morgan fingerprint density at radius 1 is 1.15 bits per heavy atom. The van der Waals surface area contributed by atoms with Gasteiger partial charge in [0, 0.05) is 16.7 Å². The molecule has 11 nitrogen and oxygen atoms in total. The Hall–Kier alpha value is -1.06. The van der Waals surface area contributed by atoms with E-state index in [1.54, 1.807) is 20.8 Å². The number of ketones is 2. The van der Waals surface area contributed by atoms with Crippen molar-refractivity contribution in [2.75, 3.05) is 6.61 Å². The molecule has 4 aliphatic carbocycles. The number of ether oxygens (including phenoxy) is 2. The molecule has 1 heterocycles. The van der Waals surface area contributed by atoms with Crippen LogP contribution in [-0.2, 0) is 23.9 Å². The molecule has 222 valence electrons. The molecule has 5 rings (SSSR count). The number of carbonyl (C=O) groups is 3. The van der Waals surface area contributed by atoms with E-state index in [4.69, 9.17) is 9.47 Å². The predicted octanol–water partition coefficient (Wildman–Crippen LogP) is -4.52. The van der Waals surface area contributed by atoms with Gasteiger partial charge in [0.2, 0.25) is 0 Å². The van der Waals surface area contributed by atoms with Crippen LogP contribution in [0.2, 0.25) is 0 Å². The number of fused-ring (bicyclic) bond motifs is 5. The summed E-state index contributed by atoms with van der Waals surface area (Å²) in [5.74, 6) is -4.85. The van der Waals surface area contributed by atoms with Crippen LogP contribution >= 0.6 is 0 Å². The number of carboxylic acid groups (broad SMARTS) is 1. The molecule has 0 aromatic carbocycles. The van der Waals surface area contributed by atoms with Crippen LogP contribution in [0.4, 0.5) is 4.39 Å². The molecule has 0 spiro atoms. The number of halogens is 1. The molecule has 4 fully saturated rings. The molecule has 0 aromatic heterocycles. The SMILES string of the molecule is C[C@@H]1C[C@H]2[C@@H]3CCC4=CC(=O)C=C[C@]4(C)[C@@]3(F)[C@@H](O)C[C@]2(C)[C@@]1(O)C(=O)CO[C@@H]1O[C@H](C(=O)[O-])[C@@H](O)[C@H](O)[C@H]1O.[Na+]. The first kappa shape index (κ1) is 32.8. The summed E-state index contributed by atoms with van der Waals surface area (Å²) in [6.07, 6.45) is -6.26. The van der Waals surface area contributed by atoms with Crippen LogP contribution in [0.25, 0.3) is 0 Å². The summed E-state index contributed by atoms with van der Waals surface area (Å²) in [4.78, 5) is 36.9. The van der Waals surface area contributed by atoms with Gasteiger partial charge in [-0.25, -0.2) is 4.39 Å². The number of alkyl halides is 1. The number of carboxylic acids is 1. The van der Waals surface area contributed by atoms with E-state index in [0.29, 0.717) is 18.4 Å². The number of allylic oxidation sites excluding steroid dienone is 4. The van der Waals surface area contributed by atoms with Gasteiger partial charge in [-0.1, -0.05) is 25.5 Å². The Kier molecular flexibility index (Phi) is 8.68. The third-order valence-corrected chi connectivity index (χ3v) is 10.8. The van der Waals surface area contributed by atoms with E-state index in [1.165, 1.54) is 18.2 Å². The smallest absolute Gasteiger partial charge is 0.547 e. The molecule has 1 saturated heterocycles. The fourth-order valence-electron chi connectivity index (χ4n) is 8.59. The Morgan fingerprint density at radius 2 is 1.80 bits per heavy atom. The van der Waals surface area contributed by atoms with Crippen molar-refractivity contribution in [3.63, 3.8) is 0 Å². The van der Waals surface area contributed by atoms with Crippen LogP contribution in [0.15, 0.2) is 23.8 Å². The average Bonchev–Trinajstić information content (AvgIpc) is 3.09. The van der Waals surface area contributed by atoms with Gasteiger partial charge in [0.25, 0.3) is 0 Å². The standard InChI is InChI=1S/C28H37FO11.Na/c1-12-8-16-15-5-4-13-9-14(30)6-7-25(13,2)27(15,29)17(31)10-26(16,3)28(12,38)18(32)11-39-24-21(35)19(33)20(34)22(40-24)23(36)37;/h6-7,9,12,15-17,19-22,24,31,33-35,38H,4-5,8,10-11H2,1-3H3,(H,36,37);/q;+1/p-1/t12-,15+,16+,17+,19+,20+,21-,22+,24-,25+,26+,27+,28+;/m1./s1. The van der Waals surface area contributed by atoms with Crippen molar-refractivity contribution in [1.82, 2.24) is 0 Å². The maximum atomic E-state index is 17.3. The van der Waals surface area contributed by atoms with Crippen LogP contribution in [0.1, 0.15) is 46.5 Å². The fourth-order valence-corrected chi connectivity index (χ4v) is 8.59. The molecule has 0 radical (unpaired) electrons. The third-order valence-electron chi connectivity index (χ3n) is 10.8. The van der Waals surface area contributed by atoms with E-state index >= 15 is 4.39 Å². The zero-order valence-electron chi connectivity index (χ0n) is 23.5. The van der Waals surface area contributed by atoms with Gasteiger partial charge in [0.15, 0.2) is 23.5 Å². The average molecular weight is 591 g/mol. The molecule has 41 heavy (non-hydrogen) atoms. The van der Waals surface area contributed by atoms with Gasteiger partial charge in [-0.3, -0.25) is 9.59 Å². The summed E-state index contributed by atoms with van der Waals surface area (Å²) in [6, 6.07) is 0. The summed E-state index contributed by atoms with van der Waals surface area (Å²) in [7, 11) is 0. The number of aliphatic hydroxyl groups excluding tert-OH is 4. The van der Waals surface area contributed by atoms with E-state index in [1.807, 2.05) is 0 Å². The molecule has 13 atom stereocenters. The second kappa shape index (κ2) is 10.8. The molecule has 5 N–H and O–H groups in total. The van der Waals surface area contributed by atoms with E-state index in [0.717, 1.165) is 0 Å². The fraction of sp³-hybridized carbons (Fsp3) is 0.750. The van der Waals surface area contributed by atoms with Crippen molar-refractivity contribution in [1.29, 1.82) is 0 Å². The number of Topliss-reactive ketones (excluding diaryl/α,β-unsaturated/α-hetero) is 1. The molecule has 0 amide bonds. The van der Waals surface area contributed by atoms with E-state index in [-0.39, 0.29) is 48.2 Å². The first-order valence-corrected chi connectivity index (χ1v) is 13.6. The summed E-state index contributed by atoms with van der Waals surface area (Å²) in [5.41, 5.74) is -6.11. The van der Waals surface area contributed by atoms with Crippen molar-refractivity contribution in [2.45, 2.75) is 94.5 Å². The number of aliphatic carboxylic acids is 1. The summed E-state index contributed by atoms with van der Waals surface area (Å²) < 4.78 is 27.6. The third kappa shape index (κ3) is 4.40. The summed E-state index contributed by atoms with van der Waals surface area (Å²) >= 11 is 0. The van der Waals surface area contributed by atoms with Crippen molar-refractivity contribution >= 4 is 17.5 Å². The van der Waals surface area contributed by atoms with Gasteiger partial charge in [0.1, 0.15) is 36.6 Å². The monoisotopic (exact) mass is 590 g/mol. The first-order valence-electron chi connectivity index (χ1n) is 13.6. The molecular weight excluding hydrogens is 554 g/mol. The summed E-state index contributed by atoms with van der Waals surface area (Å²) in [6.45, 7) is 4.11. The van der Waals surface area contributed by atoms with Gasteiger partial charge in [-0.05, 0) is 56.6 Å². The van der Waals surface area contributed by atoms with Gasteiger partial charge >= 0.3 is 29.6 Å². The van der Waals surface area contributed by atoms with Crippen molar-refractivity contribution in [3.05, 3.63) is 23.8 Å². The van der Waals surface area contributed by atoms with Crippen LogP contribution < -0.4 is 34.7 Å². The molecule has 3 saturated carbocycles. The van der Waals surface area contributed by atoms with Crippen molar-refractivity contribution in [2.24, 2.45) is 28.6 Å². The number of carbonyl (C=O) groups excluding carboxylic acids is 3. The molecule has 0 bridgehead atoms. The number of aliphatic hydroxyl groups is 5. The zero-order valence-corrected chi connectivity index (χ0v) is 25.5. The van der Waals surface area contributed by atoms with Crippen LogP contribution in [-0.4, -0.2) is 97.8 Å². The normalized spacial score (nSPS) is 50.6. The van der Waals surface area contributed by atoms with Crippen LogP contribution in [0.5, 0.6) is 0 Å². The summed E-state index contributed by atoms with van der Waals surface area (Å²) in [5, 5.41) is 64.7. The van der Waals surface area contributed by atoms with Crippen LogP contribution in [0.3, 0.4) is 0 Å². The quantitative estimate of drug-likeness (QED) is 0.194. The minimum absolute atomic E-state index is 0. The number of hydrogen-bond donors (Lipinski definition) is 5. The molecule has 0 aromatic rings. The second-order valence-corrected chi connectivity index (χ2v) is 12.6. The van der Waals surface area contributed by atoms with Gasteiger partial charge < -0.3 is 44.9 Å². The number of hydrogen-bond acceptors (Lipinski definition) is 11. The topological polar surface area (TPSA) is 194 Å². The predicted molar refractivity (Wildman–Crippen MR) is 130 cm³/mol. The second-order valence-electron chi connectivity index (χ2n) is 12.6. The van der Waals surface area contributed by atoms with E-state index < -0.39 is 95.0 Å². The van der Waals surface area contributed by atoms with Gasteiger partial charge in [-0.15, -0.1) is 0 Å². The van der Waals surface area contributed by atoms with Crippen molar-refractivity contribution < 1.29 is 88.4 Å². The van der Waals surface area contributed by atoms with Gasteiger partial charge in [-0.2, -0.15) is 0 Å². The Balaban J connectivity index is 0.00000387. The van der Waals surface area contributed by atoms with Crippen molar-refractivity contribution in [3.8, 4) is 0 Å².